The summed E-state index contributed by atoms with van der Waals surface area (Å²) >= 11 is 0. The van der Waals surface area contributed by atoms with Gasteiger partial charge in [-0.25, -0.2) is 0 Å². The fourth-order valence-corrected chi connectivity index (χ4v) is 9.71. The third kappa shape index (κ3) is 8.21. The van der Waals surface area contributed by atoms with E-state index in [2.05, 4.69) is 193 Å². The Morgan fingerprint density at radius 2 is 1.29 bits per heavy atom. The Hall–Kier alpha value is -5.65. The van der Waals surface area contributed by atoms with Crippen LogP contribution in [0.2, 0.25) is 19.6 Å². The van der Waals surface area contributed by atoms with E-state index in [1.165, 1.54) is 43.7 Å². The first-order valence-electron chi connectivity index (χ1n) is 22.0. The van der Waals surface area contributed by atoms with E-state index in [4.69, 9.17) is 9.40 Å². The molecule has 0 saturated carbocycles. The molecule has 10 rings (SSSR count). The second kappa shape index (κ2) is 17.1. The van der Waals surface area contributed by atoms with Crippen molar-refractivity contribution < 1.29 is 24.5 Å². The minimum absolute atomic E-state index is 0. The van der Waals surface area contributed by atoms with Crippen molar-refractivity contribution in [3.8, 4) is 28.3 Å². The summed E-state index contributed by atoms with van der Waals surface area (Å²) < 4.78 is 9.31. The first kappa shape index (κ1) is 44.0. The van der Waals surface area contributed by atoms with Gasteiger partial charge in [0.15, 0.2) is 0 Å². The molecule has 0 fully saturated rings. The second-order valence-electron chi connectivity index (χ2n) is 19.3. The van der Waals surface area contributed by atoms with E-state index < -0.39 is 8.07 Å². The molecule has 1 radical (unpaired) electrons. The zero-order chi connectivity index (χ0) is 43.5. The predicted octanol–water partition coefficient (Wildman–Crippen LogP) is 15.3. The number of imidazole rings is 1. The third-order valence-electron chi connectivity index (χ3n) is 12.2. The van der Waals surface area contributed by atoms with Gasteiger partial charge in [0, 0.05) is 42.8 Å². The van der Waals surface area contributed by atoms with Gasteiger partial charge in [0.25, 0.3) is 0 Å². The van der Waals surface area contributed by atoms with E-state index in [0.29, 0.717) is 11.8 Å². The Labute approximate surface area is 386 Å². The molecule has 0 saturated heterocycles. The van der Waals surface area contributed by atoms with E-state index in [1.807, 2.05) is 36.5 Å². The van der Waals surface area contributed by atoms with Crippen LogP contribution < -0.4 is 5.19 Å². The SMILES string of the molecule is CC(C)c1cc(C(C)(C)C)cc(C(C)C)c1-n1c(-c2[c-]ccc3c2oc2c3ccc3c4ccccc4ccc32)nc2ccccc21.C[Si](C)(C)c1ccc(-c2[c-]cccc2)nc1.[Ir]. The maximum atomic E-state index is 6.92. The molecule has 63 heavy (non-hydrogen) atoms. The quantitative estimate of drug-likeness (QED) is 0.0947. The summed E-state index contributed by atoms with van der Waals surface area (Å²) in [6, 6.07) is 53.9. The molecule has 0 unspecified atom stereocenters. The number of rotatable bonds is 6. The maximum Gasteiger partial charge on any atom is 0.128 e. The van der Waals surface area contributed by atoms with Crippen molar-refractivity contribution in [2.45, 2.75) is 85.4 Å². The molecule has 7 aromatic carbocycles. The van der Waals surface area contributed by atoms with Gasteiger partial charge in [-0.05, 0) is 73.1 Å². The fraction of sp³-hybridized carbons (Fsp3) is 0.228. The number of hydrogen-bond donors (Lipinski definition) is 0. The standard InChI is InChI=1S/C43H39N2O.C14H16NSi.Ir/c1-25(2)35-23-28(43(5,6)7)24-36(26(3)4)39(35)45-38-18-11-10-17-37(38)44-42(45)34-16-12-15-31-33-22-21-30-29-14-9-8-13-27(29)19-20-32(30)40(33)46-41(31)34;1-16(2,3)13-9-10-14(15-11-13)12-7-5-4-6-8-12;/h8-15,17-26H,1-7H3;4-7,9-11H,1-3H3;/q2*-1;. The van der Waals surface area contributed by atoms with Crippen LogP contribution in [0.4, 0.5) is 0 Å². The number of para-hydroxylation sites is 2. The minimum Gasteiger partial charge on any atom is -0.500 e. The molecule has 3 aromatic heterocycles. The van der Waals surface area contributed by atoms with Crippen LogP contribution >= 0.6 is 0 Å². The minimum atomic E-state index is -1.23. The average Bonchev–Trinajstić information content (AvgIpc) is 3.85. The van der Waals surface area contributed by atoms with Gasteiger partial charge < -0.3 is 14.0 Å². The number of pyridine rings is 1. The Kier molecular flexibility index (Phi) is 12.0. The number of fused-ring (bicyclic) bond motifs is 8. The normalized spacial score (nSPS) is 12.1. The van der Waals surface area contributed by atoms with Crippen LogP contribution in [0.25, 0.3) is 82.8 Å². The summed E-state index contributed by atoms with van der Waals surface area (Å²) in [6.07, 6.45) is 2.02. The first-order chi connectivity index (χ1) is 29.7. The summed E-state index contributed by atoms with van der Waals surface area (Å²) in [5.74, 6) is 1.49. The zero-order valence-corrected chi connectivity index (χ0v) is 41.4. The summed E-state index contributed by atoms with van der Waals surface area (Å²) in [6.45, 7) is 23.1. The van der Waals surface area contributed by atoms with Crippen molar-refractivity contribution in [1.82, 2.24) is 14.5 Å². The van der Waals surface area contributed by atoms with Crippen LogP contribution in [0.3, 0.4) is 0 Å². The Morgan fingerprint density at radius 1 is 0.635 bits per heavy atom. The maximum absolute atomic E-state index is 6.92. The second-order valence-corrected chi connectivity index (χ2v) is 24.4. The molecular formula is C57H55IrN3OSi-2. The molecule has 0 bridgehead atoms. The van der Waals surface area contributed by atoms with Crippen molar-refractivity contribution in [3.63, 3.8) is 0 Å². The molecule has 0 N–H and O–H groups in total. The molecule has 10 aromatic rings. The summed E-state index contributed by atoms with van der Waals surface area (Å²) in [5.41, 5.74) is 12.0. The number of benzene rings is 7. The van der Waals surface area contributed by atoms with E-state index >= 15 is 0 Å². The van der Waals surface area contributed by atoms with Gasteiger partial charge in [0.05, 0.1) is 30.5 Å². The number of furan rings is 1. The summed E-state index contributed by atoms with van der Waals surface area (Å²) in [5, 5.41) is 8.36. The van der Waals surface area contributed by atoms with Gasteiger partial charge >= 0.3 is 0 Å². The van der Waals surface area contributed by atoms with Gasteiger partial charge in [0.1, 0.15) is 5.58 Å². The van der Waals surface area contributed by atoms with Gasteiger partial charge in [-0.1, -0.05) is 164 Å². The van der Waals surface area contributed by atoms with Crippen molar-refractivity contribution in [3.05, 3.63) is 168 Å². The molecule has 0 atom stereocenters. The number of aromatic nitrogens is 3. The van der Waals surface area contributed by atoms with Crippen molar-refractivity contribution >= 4 is 67.8 Å². The molecule has 6 heteroatoms. The van der Waals surface area contributed by atoms with E-state index in [0.717, 1.165) is 61.0 Å². The molecule has 0 amide bonds. The number of nitrogens with zero attached hydrogens (tertiary/aromatic N) is 3. The molecule has 0 aliphatic rings. The molecule has 0 spiro atoms. The van der Waals surface area contributed by atoms with E-state index in [-0.39, 0.29) is 25.5 Å². The molecule has 0 aliphatic carbocycles. The van der Waals surface area contributed by atoms with Gasteiger partial charge in [-0.2, -0.15) is 0 Å². The number of hydrogen-bond acceptors (Lipinski definition) is 3. The van der Waals surface area contributed by atoms with Gasteiger partial charge in [-0.3, -0.25) is 4.98 Å². The van der Waals surface area contributed by atoms with Crippen LogP contribution in [0.5, 0.6) is 0 Å². The molecule has 4 nitrogen and oxygen atoms in total. The molecule has 0 aliphatic heterocycles. The average molecular weight is 1020 g/mol. The van der Waals surface area contributed by atoms with Gasteiger partial charge in [0.2, 0.25) is 0 Å². The van der Waals surface area contributed by atoms with Crippen LogP contribution in [-0.4, -0.2) is 22.6 Å². The third-order valence-corrected chi connectivity index (χ3v) is 14.2. The van der Waals surface area contributed by atoms with E-state index in [9.17, 15) is 0 Å². The molecule has 3 heterocycles. The Balaban J connectivity index is 0.000000271. The van der Waals surface area contributed by atoms with Crippen LogP contribution in [0.15, 0.2) is 144 Å². The van der Waals surface area contributed by atoms with Crippen molar-refractivity contribution in [2.24, 2.45) is 0 Å². The van der Waals surface area contributed by atoms with Crippen LogP contribution in [-0.2, 0) is 25.5 Å². The Morgan fingerprint density at radius 3 is 1.95 bits per heavy atom. The zero-order valence-electron chi connectivity index (χ0n) is 38.0. The first-order valence-corrected chi connectivity index (χ1v) is 25.5. The van der Waals surface area contributed by atoms with E-state index in [1.54, 1.807) is 0 Å². The van der Waals surface area contributed by atoms with Crippen LogP contribution in [0.1, 0.15) is 77.0 Å². The topological polar surface area (TPSA) is 43.9 Å². The molecule has 319 valence electrons. The monoisotopic (exact) mass is 1020 g/mol. The van der Waals surface area contributed by atoms with Gasteiger partial charge in [-0.15, -0.1) is 54.1 Å². The predicted molar refractivity (Wildman–Crippen MR) is 266 cm³/mol. The van der Waals surface area contributed by atoms with Crippen LogP contribution in [0, 0.1) is 12.1 Å². The summed E-state index contributed by atoms with van der Waals surface area (Å²) in [4.78, 5) is 9.85. The molecular weight excluding hydrogens is 963 g/mol. The largest absolute Gasteiger partial charge is 0.500 e. The van der Waals surface area contributed by atoms with Crippen molar-refractivity contribution in [2.75, 3.05) is 0 Å². The fourth-order valence-electron chi connectivity index (χ4n) is 8.67. The summed E-state index contributed by atoms with van der Waals surface area (Å²) in [7, 11) is -1.23. The smallest absolute Gasteiger partial charge is 0.128 e. The van der Waals surface area contributed by atoms with Crippen molar-refractivity contribution in [1.29, 1.82) is 0 Å². The Bertz CT molecular complexity index is 3230.